The quantitative estimate of drug-likeness (QED) is 0.405. The van der Waals surface area contributed by atoms with Gasteiger partial charge in [0.15, 0.2) is 0 Å². The van der Waals surface area contributed by atoms with Gasteiger partial charge in [-0.15, -0.1) is 0 Å². The largest absolute Gasteiger partial charge is 0.487 e. The van der Waals surface area contributed by atoms with E-state index in [0.29, 0.717) is 49.2 Å². The van der Waals surface area contributed by atoms with Gasteiger partial charge < -0.3 is 19.3 Å². The number of anilines is 1. The maximum atomic E-state index is 13.7. The Bertz CT molecular complexity index is 1610. The summed E-state index contributed by atoms with van der Waals surface area (Å²) in [7, 11) is -0.866. The molecule has 5 rings (SSSR count). The molecule has 2 heterocycles. The molecule has 0 radical (unpaired) electrons. The molecule has 256 valence electrons. The minimum absolute atomic E-state index is 0.00552. The molecule has 2 bridgehead atoms. The van der Waals surface area contributed by atoms with Gasteiger partial charge in [0, 0.05) is 44.7 Å². The van der Waals surface area contributed by atoms with Crippen LogP contribution in [0.3, 0.4) is 0 Å². The van der Waals surface area contributed by atoms with Crippen molar-refractivity contribution in [1.29, 1.82) is 0 Å². The van der Waals surface area contributed by atoms with Crippen LogP contribution < -0.4 is 14.4 Å². The average molecular weight is 687 g/mol. The zero-order chi connectivity index (χ0) is 33.9. The van der Waals surface area contributed by atoms with Crippen molar-refractivity contribution in [3.63, 3.8) is 0 Å². The number of ether oxygens (including phenoxy) is 2. The van der Waals surface area contributed by atoms with Crippen molar-refractivity contribution in [2.24, 2.45) is 11.8 Å². The molecule has 0 spiro atoms. The predicted octanol–water partition coefficient (Wildman–Crippen LogP) is 5.63. The van der Waals surface area contributed by atoms with Crippen LogP contribution in [0.5, 0.6) is 5.75 Å². The number of fused-ring (bicyclic) bond motifs is 3. The van der Waals surface area contributed by atoms with Crippen LogP contribution in [-0.2, 0) is 32.6 Å². The molecule has 2 aromatic carbocycles. The average Bonchev–Trinajstić information content (AvgIpc) is 3.03. The maximum Gasteiger partial charge on any atom is 0.409 e. The molecular formula is C35H47ClN4O6S. The van der Waals surface area contributed by atoms with Gasteiger partial charge in [-0.2, -0.15) is 0 Å². The van der Waals surface area contributed by atoms with E-state index in [-0.39, 0.29) is 16.7 Å². The number of hydrogen-bond acceptors (Lipinski definition) is 8. The molecule has 3 atom stereocenters. The number of benzene rings is 2. The van der Waals surface area contributed by atoms with Crippen LogP contribution in [0.2, 0.25) is 5.02 Å². The Hall–Kier alpha value is -3.28. The van der Waals surface area contributed by atoms with E-state index in [1.807, 2.05) is 42.2 Å². The summed E-state index contributed by atoms with van der Waals surface area (Å²) in [5.41, 5.74) is 1.68. The van der Waals surface area contributed by atoms with Crippen molar-refractivity contribution in [3.05, 3.63) is 64.7 Å². The summed E-state index contributed by atoms with van der Waals surface area (Å²) in [5.74, 6) is 0.202. The van der Waals surface area contributed by atoms with E-state index in [0.717, 1.165) is 43.2 Å². The third-order valence-electron chi connectivity index (χ3n) is 9.82. The van der Waals surface area contributed by atoms with Gasteiger partial charge in [0.25, 0.3) is 15.9 Å². The lowest BCUT2D eigenvalue weighted by atomic mass is 9.70. The molecule has 2 aromatic rings. The summed E-state index contributed by atoms with van der Waals surface area (Å²) < 4.78 is 42.3. The van der Waals surface area contributed by atoms with Gasteiger partial charge >= 0.3 is 6.09 Å². The first-order chi connectivity index (χ1) is 22.3. The standard InChI is InChI=1S/C35H47ClN4O6S/c1-6-40-19-9-11-31(46-34(42)38(4)5)29-16-13-25(29)22-39-18-8-7-10-24-20-27(36)14-12-26(24)23-45-32-17-15-28(21-30(32)39)47(43,44)37-33(41)35(40,2)3/h9,11-12,14-15,17,20-21,25,29,31H,6-8,10,13,16,18-19,22-23H2,1-5H3,(H,37,41)/b11-9+/t25-,29+,31-/m0/s1. The van der Waals surface area contributed by atoms with Crippen LogP contribution in [0.25, 0.3) is 0 Å². The van der Waals surface area contributed by atoms with Crippen LogP contribution in [0.1, 0.15) is 57.6 Å². The highest BCUT2D eigenvalue weighted by molar-refractivity contribution is 7.90. The Morgan fingerprint density at radius 2 is 1.91 bits per heavy atom. The van der Waals surface area contributed by atoms with Gasteiger partial charge in [0.2, 0.25) is 0 Å². The third kappa shape index (κ3) is 7.90. The number of sulfonamides is 1. The van der Waals surface area contributed by atoms with Crippen LogP contribution in [-0.4, -0.2) is 82.1 Å². The van der Waals surface area contributed by atoms with E-state index >= 15 is 0 Å². The van der Waals surface area contributed by atoms with Crippen molar-refractivity contribution in [3.8, 4) is 5.75 Å². The highest BCUT2D eigenvalue weighted by atomic mass is 35.5. The summed E-state index contributed by atoms with van der Waals surface area (Å²) in [6, 6.07) is 10.6. The zero-order valence-electron chi connectivity index (χ0n) is 28.0. The summed E-state index contributed by atoms with van der Waals surface area (Å²) in [5, 5.41) is 0.682. The number of likely N-dealkylation sites (N-methyl/N-ethyl adjacent to an activating group) is 1. The molecule has 2 aliphatic heterocycles. The topological polar surface area (TPSA) is 108 Å². The smallest absolute Gasteiger partial charge is 0.409 e. The number of halogens is 1. The number of rotatable bonds is 2. The Morgan fingerprint density at radius 1 is 1.13 bits per heavy atom. The molecule has 1 aliphatic carbocycles. The summed E-state index contributed by atoms with van der Waals surface area (Å²) in [6.45, 7) is 7.82. The van der Waals surface area contributed by atoms with Gasteiger partial charge in [0.05, 0.1) is 16.1 Å². The molecule has 1 fully saturated rings. The zero-order valence-corrected chi connectivity index (χ0v) is 29.6. The third-order valence-corrected chi connectivity index (χ3v) is 11.4. The predicted molar refractivity (Wildman–Crippen MR) is 183 cm³/mol. The maximum absolute atomic E-state index is 13.7. The molecule has 10 nitrogen and oxygen atoms in total. The van der Waals surface area contributed by atoms with Gasteiger partial charge in [-0.1, -0.05) is 30.7 Å². The molecule has 2 amide bonds. The van der Waals surface area contributed by atoms with E-state index < -0.39 is 33.7 Å². The Balaban J connectivity index is 1.58. The summed E-state index contributed by atoms with van der Waals surface area (Å²) >= 11 is 6.34. The SMILES string of the molecule is CCN1C/C=C/[C@H](OC(=O)N(C)C)[C@@H]2CC[C@H]2CN2CCCCc3cc(Cl)ccc3COc3ccc(cc32)S(=O)(=O)NC(=O)C1(C)C. The molecule has 47 heavy (non-hydrogen) atoms. The van der Waals surface area contributed by atoms with Crippen LogP contribution >= 0.6 is 11.6 Å². The molecule has 1 N–H and O–H groups in total. The van der Waals surface area contributed by atoms with Crippen molar-refractivity contribution < 1.29 is 27.5 Å². The number of amides is 2. The molecule has 3 aliphatic rings. The van der Waals surface area contributed by atoms with E-state index in [4.69, 9.17) is 21.1 Å². The minimum Gasteiger partial charge on any atom is -0.487 e. The van der Waals surface area contributed by atoms with Crippen molar-refractivity contribution in [2.45, 2.75) is 76.0 Å². The fourth-order valence-corrected chi connectivity index (χ4v) is 7.96. The first kappa shape index (κ1) is 35.0. The lowest BCUT2D eigenvalue weighted by Gasteiger charge is -2.44. The number of hydrogen-bond donors (Lipinski definition) is 1. The Labute approximate surface area is 284 Å². The minimum atomic E-state index is -4.20. The monoisotopic (exact) mass is 686 g/mol. The first-order valence-corrected chi connectivity index (χ1v) is 18.3. The van der Waals surface area contributed by atoms with Crippen molar-refractivity contribution >= 4 is 39.3 Å². The number of nitrogens with one attached hydrogen (secondary N) is 1. The fraction of sp³-hybridized carbons (Fsp3) is 0.543. The number of nitrogens with zero attached hydrogens (tertiary/aromatic N) is 3. The number of aryl methyl sites for hydroxylation is 1. The second-order valence-corrected chi connectivity index (χ2v) is 15.6. The van der Waals surface area contributed by atoms with E-state index in [1.54, 1.807) is 40.1 Å². The molecule has 12 heteroatoms. The van der Waals surface area contributed by atoms with Crippen LogP contribution in [0.4, 0.5) is 10.5 Å². The Kier molecular flexibility index (Phi) is 10.8. The fourth-order valence-electron chi connectivity index (χ4n) is 6.64. The van der Waals surface area contributed by atoms with E-state index in [9.17, 15) is 18.0 Å². The molecule has 0 saturated heterocycles. The van der Waals surface area contributed by atoms with Crippen molar-refractivity contribution in [2.75, 3.05) is 45.2 Å². The van der Waals surface area contributed by atoms with Crippen molar-refractivity contribution in [1.82, 2.24) is 14.5 Å². The Morgan fingerprint density at radius 3 is 2.62 bits per heavy atom. The van der Waals surface area contributed by atoms with E-state index in [1.165, 1.54) is 11.0 Å². The van der Waals surface area contributed by atoms with E-state index in [2.05, 4.69) is 9.62 Å². The molecule has 0 aromatic heterocycles. The lowest BCUT2D eigenvalue weighted by Crippen LogP contribution is -2.56. The lowest BCUT2D eigenvalue weighted by molar-refractivity contribution is -0.129. The van der Waals surface area contributed by atoms with Crippen LogP contribution in [0, 0.1) is 11.8 Å². The van der Waals surface area contributed by atoms with Gasteiger partial charge in [-0.05, 0) is 106 Å². The molecule has 1 saturated carbocycles. The van der Waals surface area contributed by atoms with Gasteiger partial charge in [-0.3, -0.25) is 9.69 Å². The highest BCUT2D eigenvalue weighted by Crippen LogP contribution is 2.42. The normalized spacial score (nSPS) is 25.4. The van der Waals surface area contributed by atoms with Crippen LogP contribution in [0.15, 0.2) is 53.4 Å². The highest BCUT2D eigenvalue weighted by Gasteiger charge is 2.41. The van der Waals surface area contributed by atoms with Gasteiger partial charge in [-0.25, -0.2) is 17.9 Å². The van der Waals surface area contributed by atoms with Gasteiger partial charge in [0.1, 0.15) is 18.5 Å². The summed E-state index contributed by atoms with van der Waals surface area (Å²) in [4.78, 5) is 31.9. The molecule has 0 unspecified atom stereocenters. The second-order valence-electron chi connectivity index (χ2n) is 13.4. The number of carbonyl (C=O) groups is 2. The number of carbonyl (C=O) groups excluding carboxylic acids is 2. The second kappa shape index (κ2) is 14.5. The first-order valence-electron chi connectivity index (χ1n) is 16.5. The molecular weight excluding hydrogens is 640 g/mol. The summed E-state index contributed by atoms with van der Waals surface area (Å²) in [6.07, 6.45) is 7.47.